The molecular formula is C17H17N5O3. The molecule has 3 aromatic rings. The maximum Gasteiger partial charge on any atom is 0.277 e. The van der Waals surface area contributed by atoms with E-state index in [1.807, 2.05) is 6.07 Å². The van der Waals surface area contributed by atoms with E-state index < -0.39 is 0 Å². The zero-order valence-corrected chi connectivity index (χ0v) is 13.7. The molecule has 0 aliphatic carbocycles. The van der Waals surface area contributed by atoms with Crippen LogP contribution in [0.1, 0.15) is 12.0 Å². The van der Waals surface area contributed by atoms with Crippen molar-refractivity contribution in [1.82, 2.24) is 25.3 Å². The fraction of sp³-hybridized carbons (Fsp3) is 0.235. The van der Waals surface area contributed by atoms with Crippen molar-refractivity contribution in [3.8, 4) is 5.88 Å². The minimum absolute atomic E-state index is 0.135. The van der Waals surface area contributed by atoms with Gasteiger partial charge in [-0.15, -0.1) is 5.10 Å². The third-order valence-electron chi connectivity index (χ3n) is 3.68. The van der Waals surface area contributed by atoms with Gasteiger partial charge in [0.2, 0.25) is 11.8 Å². The standard InChI is InChI=1S/C17H17N5O3/c1-25-16-7-6-12(11-19-16)10-18-15(23)8-9-22-17(24)13-4-2-3-5-14(13)20-21-22/h2-7,11H,8-10H2,1H3,(H,18,23). The van der Waals surface area contributed by atoms with Crippen LogP contribution in [0.15, 0.2) is 47.4 Å². The van der Waals surface area contributed by atoms with Gasteiger partial charge >= 0.3 is 0 Å². The van der Waals surface area contributed by atoms with Crippen LogP contribution in [0.2, 0.25) is 0 Å². The molecule has 1 amide bonds. The first-order valence-electron chi connectivity index (χ1n) is 7.75. The Kier molecular flexibility index (Phi) is 4.98. The Morgan fingerprint density at radius 3 is 2.84 bits per heavy atom. The molecule has 0 fully saturated rings. The number of fused-ring (bicyclic) bond motifs is 1. The minimum Gasteiger partial charge on any atom is -0.481 e. The molecule has 128 valence electrons. The number of carbonyl (C=O) groups excluding carboxylic acids is 1. The molecule has 0 radical (unpaired) electrons. The molecule has 1 N–H and O–H groups in total. The highest BCUT2D eigenvalue weighted by molar-refractivity contribution is 5.77. The average Bonchev–Trinajstić information content (AvgIpc) is 2.66. The SMILES string of the molecule is COc1ccc(CNC(=O)CCn2nnc3ccccc3c2=O)cn1. The number of nitrogens with zero attached hydrogens (tertiary/aromatic N) is 4. The molecule has 2 aromatic heterocycles. The average molecular weight is 339 g/mol. The number of rotatable bonds is 6. The van der Waals surface area contributed by atoms with Crippen LogP contribution >= 0.6 is 0 Å². The van der Waals surface area contributed by atoms with Crippen molar-refractivity contribution in [1.29, 1.82) is 0 Å². The van der Waals surface area contributed by atoms with E-state index in [4.69, 9.17) is 4.74 Å². The largest absolute Gasteiger partial charge is 0.481 e. The zero-order valence-electron chi connectivity index (χ0n) is 13.7. The van der Waals surface area contributed by atoms with E-state index in [2.05, 4.69) is 20.6 Å². The van der Waals surface area contributed by atoms with Crippen LogP contribution in [0.25, 0.3) is 10.9 Å². The molecule has 0 unspecified atom stereocenters. The number of nitrogens with one attached hydrogen (secondary N) is 1. The summed E-state index contributed by atoms with van der Waals surface area (Å²) in [7, 11) is 1.54. The maximum atomic E-state index is 12.3. The molecule has 0 aliphatic heterocycles. The molecule has 2 heterocycles. The smallest absolute Gasteiger partial charge is 0.277 e. The predicted octanol–water partition coefficient (Wildman–Crippen LogP) is 0.902. The molecule has 0 saturated heterocycles. The Morgan fingerprint density at radius 1 is 1.24 bits per heavy atom. The summed E-state index contributed by atoms with van der Waals surface area (Å²) >= 11 is 0. The number of ether oxygens (including phenoxy) is 1. The third-order valence-corrected chi connectivity index (χ3v) is 3.68. The first-order chi connectivity index (χ1) is 12.2. The summed E-state index contributed by atoms with van der Waals surface area (Å²) in [4.78, 5) is 28.3. The Hall–Kier alpha value is -3.29. The fourth-order valence-electron chi connectivity index (χ4n) is 2.30. The zero-order chi connectivity index (χ0) is 17.6. The second kappa shape index (κ2) is 7.52. The fourth-order valence-corrected chi connectivity index (χ4v) is 2.30. The van der Waals surface area contributed by atoms with Crippen LogP contribution in [0.3, 0.4) is 0 Å². The lowest BCUT2D eigenvalue weighted by Crippen LogP contribution is -2.29. The van der Waals surface area contributed by atoms with Gasteiger partial charge in [0, 0.05) is 25.2 Å². The highest BCUT2D eigenvalue weighted by Crippen LogP contribution is 2.06. The molecule has 8 heteroatoms. The van der Waals surface area contributed by atoms with Crippen molar-refractivity contribution in [2.24, 2.45) is 0 Å². The molecular weight excluding hydrogens is 322 g/mol. The second-order valence-electron chi connectivity index (χ2n) is 5.37. The lowest BCUT2D eigenvalue weighted by molar-refractivity contribution is -0.121. The van der Waals surface area contributed by atoms with Crippen molar-refractivity contribution in [3.05, 3.63) is 58.5 Å². The quantitative estimate of drug-likeness (QED) is 0.716. The normalized spacial score (nSPS) is 10.6. The van der Waals surface area contributed by atoms with E-state index in [0.29, 0.717) is 23.3 Å². The summed E-state index contributed by atoms with van der Waals surface area (Å²) in [5.74, 6) is 0.335. The molecule has 25 heavy (non-hydrogen) atoms. The van der Waals surface area contributed by atoms with Crippen LogP contribution in [0.4, 0.5) is 0 Å². The molecule has 0 atom stereocenters. The number of amides is 1. The molecule has 0 saturated carbocycles. The lowest BCUT2D eigenvalue weighted by atomic mass is 10.2. The van der Waals surface area contributed by atoms with E-state index in [1.54, 1.807) is 43.6 Å². The van der Waals surface area contributed by atoms with Crippen LogP contribution < -0.4 is 15.6 Å². The highest BCUT2D eigenvalue weighted by Gasteiger charge is 2.07. The molecule has 8 nitrogen and oxygen atoms in total. The molecule has 0 aliphatic rings. The van der Waals surface area contributed by atoms with Gasteiger partial charge in [-0.1, -0.05) is 23.4 Å². The second-order valence-corrected chi connectivity index (χ2v) is 5.37. The third kappa shape index (κ3) is 3.97. The number of methoxy groups -OCH3 is 1. The van der Waals surface area contributed by atoms with Gasteiger partial charge in [-0.25, -0.2) is 9.67 Å². The number of hydrogen-bond donors (Lipinski definition) is 1. The Bertz CT molecular complexity index is 937. The first-order valence-corrected chi connectivity index (χ1v) is 7.75. The number of aryl methyl sites for hydroxylation is 1. The van der Waals surface area contributed by atoms with Crippen molar-refractivity contribution in [2.45, 2.75) is 19.5 Å². The minimum atomic E-state index is -0.252. The van der Waals surface area contributed by atoms with Gasteiger partial charge in [-0.3, -0.25) is 9.59 Å². The summed E-state index contributed by atoms with van der Waals surface area (Å²) in [6.07, 6.45) is 1.77. The first kappa shape index (κ1) is 16.6. The summed E-state index contributed by atoms with van der Waals surface area (Å²) in [6.45, 7) is 0.525. The number of carbonyl (C=O) groups is 1. The van der Waals surface area contributed by atoms with Crippen LogP contribution in [0, 0.1) is 0 Å². The monoisotopic (exact) mass is 339 g/mol. The van der Waals surface area contributed by atoms with Gasteiger partial charge in [-0.05, 0) is 17.7 Å². The van der Waals surface area contributed by atoms with Crippen molar-refractivity contribution >= 4 is 16.8 Å². The van der Waals surface area contributed by atoms with E-state index in [9.17, 15) is 9.59 Å². The Balaban J connectivity index is 1.57. The molecule has 0 spiro atoms. The number of benzene rings is 1. The molecule has 3 rings (SSSR count). The summed E-state index contributed by atoms with van der Waals surface area (Å²) < 4.78 is 6.19. The van der Waals surface area contributed by atoms with Gasteiger partial charge in [0.1, 0.15) is 5.52 Å². The number of hydrogen-bond acceptors (Lipinski definition) is 6. The van der Waals surface area contributed by atoms with Crippen molar-refractivity contribution in [2.75, 3.05) is 7.11 Å². The summed E-state index contributed by atoms with van der Waals surface area (Å²) in [5.41, 5.74) is 1.15. The van der Waals surface area contributed by atoms with E-state index >= 15 is 0 Å². The Morgan fingerprint density at radius 2 is 2.08 bits per heavy atom. The summed E-state index contributed by atoms with van der Waals surface area (Å²) in [6, 6.07) is 10.5. The van der Waals surface area contributed by atoms with E-state index in [-0.39, 0.29) is 24.4 Å². The van der Waals surface area contributed by atoms with Crippen LogP contribution in [0.5, 0.6) is 5.88 Å². The Labute approximate surface area is 143 Å². The summed E-state index contributed by atoms with van der Waals surface area (Å²) in [5, 5.41) is 11.1. The van der Waals surface area contributed by atoms with Crippen molar-refractivity contribution in [3.63, 3.8) is 0 Å². The van der Waals surface area contributed by atoms with Crippen molar-refractivity contribution < 1.29 is 9.53 Å². The lowest BCUT2D eigenvalue weighted by Gasteiger charge is -2.07. The van der Waals surface area contributed by atoms with Crippen LogP contribution in [-0.2, 0) is 17.9 Å². The number of pyridine rings is 1. The number of aromatic nitrogens is 4. The maximum absolute atomic E-state index is 12.3. The molecule has 0 bridgehead atoms. The van der Waals surface area contributed by atoms with Gasteiger partial charge in [0.05, 0.1) is 19.0 Å². The van der Waals surface area contributed by atoms with Gasteiger partial charge in [0.15, 0.2) is 0 Å². The highest BCUT2D eigenvalue weighted by atomic mass is 16.5. The van der Waals surface area contributed by atoms with Gasteiger partial charge in [-0.2, -0.15) is 0 Å². The predicted molar refractivity (Wildman–Crippen MR) is 91.1 cm³/mol. The van der Waals surface area contributed by atoms with E-state index in [0.717, 1.165) is 5.56 Å². The van der Waals surface area contributed by atoms with Gasteiger partial charge in [0.25, 0.3) is 5.56 Å². The van der Waals surface area contributed by atoms with Gasteiger partial charge < -0.3 is 10.1 Å². The topological polar surface area (TPSA) is 99.0 Å². The van der Waals surface area contributed by atoms with Crippen LogP contribution in [-0.4, -0.2) is 33.0 Å². The van der Waals surface area contributed by atoms with E-state index in [1.165, 1.54) is 4.68 Å². The molecule has 1 aromatic carbocycles.